The van der Waals surface area contributed by atoms with Crippen molar-refractivity contribution < 1.29 is 27.8 Å². The van der Waals surface area contributed by atoms with E-state index in [0.29, 0.717) is 0 Å². The topological polar surface area (TPSA) is 46.5 Å². The third-order valence-corrected chi connectivity index (χ3v) is 1.67. The third-order valence-electron chi connectivity index (χ3n) is 1.67. The number of allylic oxidation sites excluding steroid dienone is 1. The number of rotatable bonds is 3. The summed E-state index contributed by atoms with van der Waals surface area (Å²) in [4.78, 5) is 10.4. The van der Waals surface area contributed by atoms with Gasteiger partial charge in [-0.15, -0.1) is 0 Å². The molecule has 3 nitrogen and oxygen atoms in total. The maximum atomic E-state index is 11.8. The summed E-state index contributed by atoms with van der Waals surface area (Å²) >= 11 is 0. The van der Waals surface area contributed by atoms with Gasteiger partial charge in [0.1, 0.15) is 11.4 Å². The van der Waals surface area contributed by atoms with E-state index in [1.165, 1.54) is 21.0 Å². The Morgan fingerprint density at radius 2 is 1.79 bits per heavy atom. The number of halogens is 3. The molecule has 0 aromatic rings. The van der Waals surface area contributed by atoms with E-state index in [2.05, 4.69) is 4.74 Å². The Hall–Kier alpha value is -1.04. The number of methoxy groups -OCH3 is 1. The predicted molar refractivity (Wildman–Crippen MR) is 42.9 cm³/mol. The minimum atomic E-state index is -4.97. The van der Waals surface area contributed by atoms with Crippen LogP contribution in [0.1, 0.15) is 13.8 Å². The van der Waals surface area contributed by atoms with Crippen molar-refractivity contribution in [3.05, 3.63) is 11.8 Å². The molecule has 1 N–H and O–H groups in total. The number of ketones is 1. The zero-order valence-electron chi connectivity index (χ0n) is 7.97. The van der Waals surface area contributed by atoms with Gasteiger partial charge in [-0.05, 0) is 13.8 Å². The van der Waals surface area contributed by atoms with Crippen LogP contribution in [-0.4, -0.2) is 29.8 Å². The second-order valence-electron chi connectivity index (χ2n) is 3.11. The molecular weight excluding hydrogens is 201 g/mol. The zero-order valence-corrected chi connectivity index (χ0v) is 7.97. The number of aliphatic hydroxyl groups is 1. The Labute approximate surface area is 79.2 Å². The first-order valence-electron chi connectivity index (χ1n) is 3.68. The Balaban J connectivity index is 4.79. The molecular formula is C8H11F3O3. The van der Waals surface area contributed by atoms with Crippen LogP contribution in [0.4, 0.5) is 13.2 Å². The molecule has 0 aliphatic heterocycles. The summed E-state index contributed by atoms with van der Waals surface area (Å²) in [6, 6.07) is 0. The lowest BCUT2D eigenvalue weighted by molar-refractivity contribution is -0.165. The van der Waals surface area contributed by atoms with E-state index in [9.17, 15) is 18.0 Å². The first kappa shape index (κ1) is 13.0. The van der Waals surface area contributed by atoms with Gasteiger partial charge in [-0.1, -0.05) is 0 Å². The number of alkyl halides is 3. The van der Waals surface area contributed by atoms with E-state index < -0.39 is 23.3 Å². The quantitative estimate of drug-likeness (QED) is 0.574. The van der Waals surface area contributed by atoms with Gasteiger partial charge in [-0.25, -0.2) is 0 Å². The fraction of sp³-hybridized carbons (Fsp3) is 0.625. The number of hydrogen-bond donors (Lipinski definition) is 1. The minimum Gasteiger partial charge on any atom is -0.509 e. The molecule has 0 aromatic heterocycles. The summed E-state index contributed by atoms with van der Waals surface area (Å²) in [5, 5.41) is 9.13. The third kappa shape index (κ3) is 3.37. The molecule has 0 saturated carbocycles. The van der Waals surface area contributed by atoms with Crippen LogP contribution in [-0.2, 0) is 9.53 Å². The monoisotopic (exact) mass is 212 g/mol. The van der Waals surface area contributed by atoms with E-state index in [0.717, 1.165) is 0 Å². The van der Waals surface area contributed by atoms with Crippen molar-refractivity contribution in [2.45, 2.75) is 25.6 Å². The van der Waals surface area contributed by atoms with Gasteiger partial charge in [0.25, 0.3) is 5.78 Å². The van der Waals surface area contributed by atoms with Crippen molar-refractivity contribution in [2.24, 2.45) is 0 Å². The smallest absolute Gasteiger partial charge is 0.454 e. The standard InChI is InChI=1S/C8H11F3O3/c1-7(2,14-3)5(12)4-6(13)8(9,10)11/h4,12H,1-3H3/b5-4-. The van der Waals surface area contributed by atoms with Gasteiger partial charge < -0.3 is 9.84 Å². The SMILES string of the molecule is COC(C)(C)/C(O)=C/C(=O)C(F)(F)F. The second-order valence-corrected chi connectivity index (χ2v) is 3.11. The van der Waals surface area contributed by atoms with Gasteiger partial charge in [0.2, 0.25) is 0 Å². The summed E-state index contributed by atoms with van der Waals surface area (Å²) in [6.07, 6.45) is -4.86. The summed E-state index contributed by atoms with van der Waals surface area (Å²) in [5.41, 5.74) is -1.30. The van der Waals surface area contributed by atoms with E-state index in [1.807, 2.05) is 0 Å². The van der Waals surface area contributed by atoms with E-state index in [-0.39, 0.29) is 6.08 Å². The number of aliphatic hydroxyl groups excluding tert-OH is 1. The van der Waals surface area contributed by atoms with E-state index in [1.54, 1.807) is 0 Å². The van der Waals surface area contributed by atoms with E-state index >= 15 is 0 Å². The van der Waals surface area contributed by atoms with Crippen LogP contribution in [0, 0.1) is 0 Å². The highest BCUT2D eigenvalue weighted by Crippen LogP contribution is 2.21. The van der Waals surface area contributed by atoms with Crippen molar-refractivity contribution in [1.82, 2.24) is 0 Å². The van der Waals surface area contributed by atoms with Gasteiger partial charge in [0.05, 0.1) is 0 Å². The first-order chi connectivity index (χ1) is 6.11. The lowest BCUT2D eigenvalue weighted by atomic mass is 10.1. The average Bonchev–Trinajstić information content (AvgIpc) is 2.02. The normalized spacial score (nSPS) is 14.3. The summed E-state index contributed by atoms with van der Waals surface area (Å²) in [6.45, 7) is 2.67. The fourth-order valence-corrected chi connectivity index (χ4v) is 0.484. The molecule has 0 rings (SSSR count). The molecule has 0 aliphatic rings. The molecule has 0 spiro atoms. The molecule has 0 amide bonds. The molecule has 0 radical (unpaired) electrons. The molecule has 0 bridgehead atoms. The van der Waals surface area contributed by atoms with Crippen molar-refractivity contribution in [1.29, 1.82) is 0 Å². The van der Waals surface area contributed by atoms with Crippen LogP contribution in [0.15, 0.2) is 11.8 Å². The molecule has 0 atom stereocenters. The summed E-state index contributed by atoms with van der Waals surface area (Å²) in [7, 11) is 1.21. The number of ether oxygens (including phenoxy) is 1. The Morgan fingerprint density at radius 3 is 2.07 bits per heavy atom. The van der Waals surface area contributed by atoms with Gasteiger partial charge in [-0.2, -0.15) is 13.2 Å². The minimum absolute atomic E-state index is 0.115. The van der Waals surface area contributed by atoms with Crippen LogP contribution < -0.4 is 0 Å². The average molecular weight is 212 g/mol. The fourth-order valence-electron chi connectivity index (χ4n) is 0.484. The highest BCUT2D eigenvalue weighted by Gasteiger charge is 2.38. The van der Waals surface area contributed by atoms with Crippen molar-refractivity contribution in [3.8, 4) is 0 Å². The second kappa shape index (κ2) is 4.00. The molecule has 6 heteroatoms. The van der Waals surface area contributed by atoms with Gasteiger partial charge >= 0.3 is 6.18 Å². The zero-order chi connectivity index (χ0) is 11.6. The Bertz CT molecular complexity index is 253. The van der Waals surface area contributed by atoms with Crippen LogP contribution >= 0.6 is 0 Å². The molecule has 0 aliphatic carbocycles. The number of hydrogen-bond acceptors (Lipinski definition) is 3. The Morgan fingerprint density at radius 1 is 1.36 bits per heavy atom. The summed E-state index contributed by atoms with van der Waals surface area (Å²) in [5.74, 6) is -2.87. The van der Waals surface area contributed by atoms with Gasteiger partial charge in [0.15, 0.2) is 0 Å². The predicted octanol–water partition coefficient (Wildman–Crippen LogP) is 1.98. The van der Waals surface area contributed by atoms with Crippen LogP contribution in [0.2, 0.25) is 0 Å². The van der Waals surface area contributed by atoms with Crippen molar-refractivity contribution in [3.63, 3.8) is 0 Å². The van der Waals surface area contributed by atoms with Crippen LogP contribution in [0.3, 0.4) is 0 Å². The lowest BCUT2D eigenvalue weighted by Crippen LogP contribution is -2.28. The Kier molecular flexibility index (Phi) is 3.70. The molecule has 0 aromatic carbocycles. The highest BCUT2D eigenvalue weighted by atomic mass is 19.4. The lowest BCUT2D eigenvalue weighted by Gasteiger charge is -2.21. The van der Waals surface area contributed by atoms with Crippen molar-refractivity contribution >= 4 is 5.78 Å². The molecule has 82 valence electrons. The van der Waals surface area contributed by atoms with Crippen LogP contribution in [0.25, 0.3) is 0 Å². The highest BCUT2D eigenvalue weighted by molar-refractivity contribution is 5.94. The molecule has 0 unspecified atom stereocenters. The molecule has 0 heterocycles. The van der Waals surface area contributed by atoms with Crippen molar-refractivity contribution in [2.75, 3.05) is 7.11 Å². The number of carbonyl (C=O) groups excluding carboxylic acids is 1. The maximum Gasteiger partial charge on any atom is 0.454 e. The van der Waals surface area contributed by atoms with Gasteiger partial charge in [0, 0.05) is 13.2 Å². The van der Waals surface area contributed by atoms with Gasteiger partial charge in [-0.3, -0.25) is 4.79 Å². The first-order valence-corrected chi connectivity index (χ1v) is 3.68. The largest absolute Gasteiger partial charge is 0.509 e. The molecule has 0 saturated heterocycles. The molecule has 0 fully saturated rings. The van der Waals surface area contributed by atoms with Crippen LogP contribution in [0.5, 0.6) is 0 Å². The van der Waals surface area contributed by atoms with E-state index in [4.69, 9.17) is 5.11 Å². The summed E-state index contributed by atoms with van der Waals surface area (Å²) < 4.78 is 39.9. The maximum absolute atomic E-state index is 11.8. The number of carbonyl (C=O) groups is 1. The molecule has 14 heavy (non-hydrogen) atoms.